The van der Waals surface area contributed by atoms with E-state index < -0.39 is 24.5 Å². The average molecular weight is 427 g/mol. The molecule has 0 bridgehead atoms. The summed E-state index contributed by atoms with van der Waals surface area (Å²) in [5.41, 5.74) is 9.03. The molecule has 3 heterocycles. The second kappa shape index (κ2) is 8.04. The summed E-state index contributed by atoms with van der Waals surface area (Å²) < 4.78 is 19.0. The molecule has 0 saturated carbocycles. The van der Waals surface area contributed by atoms with Crippen molar-refractivity contribution < 1.29 is 24.4 Å². The Balaban J connectivity index is 1.32. The number of hydrogen-bond donors (Lipinski definition) is 3. The van der Waals surface area contributed by atoms with Gasteiger partial charge >= 0.3 is 0 Å². The monoisotopic (exact) mass is 427 g/mol. The maximum atomic E-state index is 10.6. The minimum atomic E-state index is -1.17. The highest BCUT2D eigenvalue weighted by Gasteiger charge is 2.44. The lowest BCUT2D eigenvalue weighted by molar-refractivity contribution is -0.0842. The van der Waals surface area contributed by atoms with Gasteiger partial charge in [-0.2, -0.15) is 0 Å². The van der Waals surface area contributed by atoms with Gasteiger partial charge < -0.3 is 30.2 Å². The number of imidazole rings is 1. The highest BCUT2D eigenvalue weighted by molar-refractivity contribution is 5.81. The molecule has 0 amide bonds. The Labute approximate surface area is 178 Å². The number of aromatic nitrogens is 4. The van der Waals surface area contributed by atoms with E-state index in [4.69, 9.17) is 19.9 Å². The molecule has 1 aliphatic carbocycles. The minimum absolute atomic E-state index is 0.118. The summed E-state index contributed by atoms with van der Waals surface area (Å²) in [5.74, 6) is 1.03. The Kier molecular flexibility index (Phi) is 5.22. The van der Waals surface area contributed by atoms with E-state index in [2.05, 4.69) is 21.0 Å². The first-order valence-electron chi connectivity index (χ1n) is 10.3. The number of nitrogens with two attached hydrogens (primary N) is 1. The molecule has 0 spiro atoms. The van der Waals surface area contributed by atoms with Crippen LogP contribution in [-0.4, -0.2) is 61.8 Å². The molecule has 1 aliphatic heterocycles. The molecule has 4 N–H and O–H groups in total. The maximum absolute atomic E-state index is 10.6. The van der Waals surface area contributed by atoms with E-state index in [0.29, 0.717) is 11.2 Å². The zero-order valence-electron chi connectivity index (χ0n) is 17.1. The Hall–Kier alpha value is -2.79. The number of nitrogens with zero attached hydrogens (tertiary/aromatic N) is 4. The van der Waals surface area contributed by atoms with Crippen molar-refractivity contribution in [1.82, 2.24) is 19.5 Å². The van der Waals surface area contributed by atoms with Crippen LogP contribution in [0.2, 0.25) is 0 Å². The zero-order chi connectivity index (χ0) is 21.5. The molecule has 3 aromatic rings. The number of ether oxygens (including phenoxy) is 3. The summed E-state index contributed by atoms with van der Waals surface area (Å²) in [6.45, 7) is 0.139. The van der Waals surface area contributed by atoms with Crippen molar-refractivity contribution in [3.05, 3.63) is 42.0 Å². The van der Waals surface area contributed by atoms with Crippen LogP contribution in [0.4, 0.5) is 5.82 Å². The zero-order valence-corrected chi connectivity index (χ0v) is 17.1. The predicted octanol–water partition coefficient (Wildman–Crippen LogP) is 1.13. The van der Waals surface area contributed by atoms with Gasteiger partial charge in [0.05, 0.1) is 26.1 Å². The first-order chi connectivity index (χ1) is 15.1. The average Bonchev–Trinajstić information content (AvgIpc) is 3.34. The molecule has 10 nitrogen and oxygen atoms in total. The normalized spacial score (nSPS) is 28.0. The van der Waals surface area contributed by atoms with Crippen LogP contribution >= 0.6 is 0 Å². The molecule has 5 rings (SSSR count). The van der Waals surface area contributed by atoms with Crippen LogP contribution in [0, 0.1) is 0 Å². The standard InChI is InChI=1S/C21H25N5O5/c1-29-12-6-5-11-3-2-4-14(13(11)7-12)30-8-15-17(27)18(28)21(31-15)26-10-25-16-19(22)23-9-24-20(16)26/h5-7,9-10,14-15,17-18,21,27-28H,2-4,8H2,1H3,(H2,22,23,24)/t14?,15-,17-,18-,21-/m1/s1. The van der Waals surface area contributed by atoms with Crippen LogP contribution in [0.3, 0.4) is 0 Å². The highest BCUT2D eigenvalue weighted by atomic mass is 16.6. The minimum Gasteiger partial charge on any atom is -0.497 e. The molecule has 1 aromatic carbocycles. The summed E-state index contributed by atoms with van der Waals surface area (Å²) in [7, 11) is 1.64. The molecular formula is C21H25N5O5. The fraction of sp³-hybridized carbons (Fsp3) is 0.476. The quantitative estimate of drug-likeness (QED) is 0.547. The second-order valence-electron chi connectivity index (χ2n) is 7.91. The number of aliphatic hydroxyl groups excluding tert-OH is 2. The lowest BCUT2D eigenvalue weighted by Crippen LogP contribution is -2.34. The van der Waals surface area contributed by atoms with Crippen molar-refractivity contribution in [3.63, 3.8) is 0 Å². The van der Waals surface area contributed by atoms with E-state index in [1.807, 2.05) is 12.1 Å². The molecule has 1 saturated heterocycles. The van der Waals surface area contributed by atoms with Crippen molar-refractivity contribution in [1.29, 1.82) is 0 Å². The van der Waals surface area contributed by atoms with Gasteiger partial charge in [-0.1, -0.05) is 6.07 Å². The number of aryl methyl sites for hydroxylation is 1. The third-order valence-electron chi connectivity index (χ3n) is 6.07. The molecule has 164 valence electrons. The van der Waals surface area contributed by atoms with Crippen molar-refractivity contribution in [2.75, 3.05) is 19.5 Å². The largest absolute Gasteiger partial charge is 0.497 e. The van der Waals surface area contributed by atoms with E-state index in [1.54, 1.807) is 11.7 Å². The molecule has 10 heteroatoms. The maximum Gasteiger partial charge on any atom is 0.167 e. The summed E-state index contributed by atoms with van der Waals surface area (Å²) >= 11 is 0. The van der Waals surface area contributed by atoms with Crippen LogP contribution in [0.15, 0.2) is 30.9 Å². The van der Waals surface area contributed by atoms with Gasteiger partial charge in [-0.3, -0.25) is 4.57 Å². The Bertz CT molecular complexity index is 1090. The predicted molar refractivity (Wildman–Crippen MR) is 110 cm³/mol. The van der Waals surface area contributed by atoms with Gasteiger partial charge in [-0.15, -0.1) is 0 Å². The molecule has 5 atom stereocenters. The van der Waals surface area contributed by atoms with Crippen LogP contribution < -0.4 is 10.5 Å². The highest BCUT2D eigenvalue weighted by Crippen LogP contribution is 2.37. The SMILES string of the molecule is COc1ccc2c(c1)C(OC[C@H]1O[C@@H](n3cnc4c(N)ncnc43)[C@H](O)[C@@H]1O)CCC2. The summed E-state index contributed by atoms with van der Waals surface area (Å²) in [4.78, 5) is 12.3. The second-order valence-corrected chi connectivity index (χ2v) is 7.91. The van der Waals surface area contributed by atoms with Crippen molar-refractivity contribution in [2.45, 2.75) is 49.9 Å². The number of hydrogen-bond acceptors (Lipinski definition) is 9. The van der Waals surface area contributed by atoms with E-state index >= 15 is 0 Å². The smallest absolute Gasteiger partial charge is 0.167 e. The van der Waals surface area contributed by atoms with Gasteiger partial charge in [0.1, 0.15) is 35.9 Å². The summed E-state index contributed by atoms with van der Waals surface area (Å²) in [6.07, 6.45) is 1.73. The van der Waals surface area contributed by atoms with Crippen molar-refractivity contribution >= 4 is 17.0 Å². The number of nitrogen functional groups attached to an aromatic ring is 1. The lowest BCUT2D eigenvalue weighted by atomic mass is 9.89. The van der Waals surface area contributed by atoms with Crippen molar-refractivity contribution in [2.24, 2.45) is 0 Å². The van der Waals surface area contributed by atoms with E-state index in [0.717, 1.165) is 30.6 Å². The number of fused-ring (bicyclic) bond motifs is 2. The Morgan fingerprint density at radius 3 is 2.94 bits per heavy atom. The first-order valence-corrected chi connectivity index (χ1v) is 10.3. The van der Waals surface area contributed by atoms with Crippen molar-refractivity contribution in [3.8, 4) is 5.75 Å². The fourth-order valence-electron chi connectivity index (χ4n) is 4.40. The molecular weight excluding hydrogens is 402 g/mol. The summed E-state index contributed by atoms with van der Waals surface area (Å²) in [6, 6.07) is 6.03. The van der Waals surface area contributed by atoms with Gasteiger partial charge in [0, 0.05) is 0 Å². The van der Waals surface area contributed by atoms with Crippen LogP contribution in [0.25, 0.3) is 11.2 Å². The molecule has 2 aliphatic rings. The van der Waals surface area contributed by atoms with Crippen LogP contribution in [0.5, 0.6) is 5.75 Å². The van der Waals surface area contributed by atoms with Gasteiger partial charge in [0.25, 0.3) is 0 Å². The molecule has 31 heavy (non-hydrogen) atoms. The third kappa shape index (κ3) is 3.51. The van der Waals surface area contributed by atoms with E-state index in [-0.39, 0.29) is 18.5 Å². The van der Waals surface area contributed by atoms with Crippen LogP contribution in [-0.2, 0) is 15.9 Å². The molecule has 2 aromatic heterocycles. The van der Waals surface area contributed by atoms with Gasteiger partial charge in [-0.25, -0.2) is 15.0 Å². The lowest BCUT2D eigenvalue weighted by Gasteiger charge is -2.27. The van der Waals surface area contributed by atoms with Gasteiger partial charge in [-0.05, 0) is 42.5 Å². The summed E-state index contributed by atoms with van der Waals surface area (Å²) in [5, 5.41) is 21.2. The number of methoxy groups -OCH3 is 1. The van der Waals surface area contributed by atoms with E-state index in [1.165, 1.54) is 18.2 Å². The Morgan fingerprint density at radius 2 is 2.10 bits per heavy atom. The van der Waals surface area contributed by atoms with Gasteiger partial charge in [0.2, 0.25) is 0 Å². The number of benzene rings is 1. The molecule has 1 unspecified atom stereocenters. The Morgan fingerprint density at radius 1 is 1.23 bits per heavy atom. The van der Waals surface area contributed by atoms with E-state index in [9.17, 15) is 10.2 Å². The van der Waals surface area contributed by atoms with Crippen LogP contribution in [0.1, 0.15) is 36.3 Å². The topological polar surface area (TPSA) is 138 Å². The number of aliphatic hydroxyl groups is 2. The number of anilines is 1. The molecule has 0 radical (unpaired) electrons. The number of rotatable bonds is 5. The fourth-order valence-corrected chi connectivity index (χ4v) is 4.40. The van der Waals surface area contributed by atoms with Gasteiger partial charge in [0.15, 0.2) is 17.7 Å². The first kappa shape index (κ1) is 20.1. The molecule has 1 fully saturated rings. The third-order valence-corrected chi connectivity index (χ3v) is 6.07.